The highest BCUT2D eigenvalue weighted by Gasteiger charge is 2.30. The van der Waals surface area contributed by atoms with Gasteiger partial charge in [-0.25, -0.2) is 0 Å². The van der Waals surface area contributed by atoms with Gasteiger partial charge < -0.3 is 4.42 Å². The molecule has 4 nitrogen and oxygen atoms in total. The molecule has 2 heterocycles. The first-order chi connectivity index (χ1) is 18.1. The van der Waals surface area contributed by atoms with Crippen LogP contribution >= 0.6 is 0 Å². The molecule has 4 heteroatoms. The predicted molar refractivity (Wildman–Crippen MR) is 142 cm³/mol. The summed E-state index contributed by atoms with van der Waals surface area (Å²) >= 11 is 0. The van der Waals surface area contributed by atoms with Crippen molar-refractivity contribution in [1.29, 1.82) is 0 Å². The Morgan fingerprint density at radius 3 is 2.26 bits per heavy atom. The number of aryl methyl sites for hydroxylation is 5. The maximum Gasteiger partial charge on any atom is 0.279 e. The number of benzene rings is 4. The van der Waals surface area contributed by atoms with Crippen LogP contribution in [0.3, 0.4) is 0 Å². The maximum absolute atomic E-state index is 8.37. The second kappa shape index (κ2) is 7.95. The molecule has 0 aliphatic rings. The van der Waals surface area contributed by atoms with Crippen LogP contribution in [-0.4, -0.2) is 9.78 Å². The topological polar surface area (TPSA) is 34.8 Å². The van der Waals surface area contributed by atoms with Gasteiger partial charge in [-0.3, -0.25) is 0 Å². The van der Waals surface area contributed by atoms with Gasteiger partial charge in [-0.1, -0.05) is 60.7 Å². The van der Waals surface area contributed by atoms with Crippen LogP contribution in [0.1, 0.15) is 26.6 Å². The molecule has 6 aromatic rings. The zero-order valence-corrected chi connectivity index (χ0v) is 20.3. The number of furan rings is 1. The number of fused-ring (bicyclic) bond motifs is 3. The minimum atomic E-state index is -2.43. The summed E-state index contributed by atoms with van der Waals surface area (Å²) in [7, 11) is 1.80. The monoisotopic (exact) mass is 461 g/mol. The first kappa shape index (κ1) is 18.2. The molecule has 0 aliphatic heterocycles. The molecule has 0 saturated carbocycles. The van der Waals surface area contributed by atoms with E-state index in [4.69, 9.17) is 8.53 Å². The van der Waals surface area contributed by atoms with Crippen molar-refractivity contribution < 1.29 is 13.1 Å². The second-order valence-electron chi connectivity index (χ2n) is 9.16. The summed E-state index contributed by atoms with van der Waals surface area (Å²) in [6, 6.07) is 26.5. The SMILES string of the molecule is [2H]C([2H])([2H])c1nn(C)c(-c2c(C)ccc3c2oc2ccccc23)[n+]1-c1c(C)cc(-c2ccccc2)cc1C. The minimum absolute atomic E-state index is 0.0150. The molecule has 0 atom stereocenters. The summed E-state index contributed by atoms with van der Waals surface area (Å²) in [5.74, 6) is 0.679. The molecule has 0 amide bonds. The van der Waals surface area contributed by atoms with Crippen molar-refractivity contribution in [2.45, 2.75) is 27.6 Å². The highest BCUT2D eigenvalue weighted by molar-refractivity contribution is 6.09. The molecule has 0 fully saturated rings. The molecule has 0 bridgehead atoms. The third kappa shape index (κ3) is 3.28. The molecular formula is C31H28N3O+. The first-order valence-electron chi connectivity index (χ1n) is 13.2. The van der Waals surface area contributed by atoms with Crippen LogP contribution in [0.4, 0.5) is 0 Å². The zero-order valence-electron chi connectivity index (χ0n) is 23.3. The van der Waals surface area contributed by atoms with Crippen LogP contribution in [-0.2, 0) is 7.05 Å². The predicted octanol–water partition coefficient (Wildman–Crippen LogP) is 7.16. The summed E-state index contributed by atoms with van der Waals surface area (Å²) in [5.41, 5.74) is 8.24. The van der Waals surface area contributed by atoms with Crippen LogP contribution in [0.5, 0.6) is 0 Å². The Bertz CT molecular complexity index is 1820. The maximum atomic E-state index is 8.37. The number of hydrogen-bond acceptors (Lipinski definition) is 2. The fourth-order valence-electron chi connectivity index (χ4n) is 5.24. The third-order valence-corrected chi connectivity index (χ3v) is 6.78. The summed E-state index contributed by atoms with van der Waals surface area (Å²) < 4.78 is 35.0. The van der Waals surface area contributed by atoms with E-state index in [9.17, 15) is 0 Å². The molecule has 0 spiro atoms. The quantitative estimate of drug-likeness (QED) is 0.262. The molecular weight excluding hydrogens is 430 g/mol. The third-order valence-electron chi connectivity index (χ3n) is 6.78. The molecule has 0 aliphatic carbocycles. The number of para-hydroxylation sites is 1. The van der Waals surface area contributed by atoms with Gasteiger partial charge in [0.25, 0.3) is 11.6 Å². The number of rotatable bonds is 3. The molecule has 6 rings (SSSR count). The van der Waals surface area contributed by atoms with Gasteiger partial charge in [-0.15, -0.1) is 4.68 Å². The molecule has 4 aromatic carbocycles. The van der Waals surface area contributed by atoms with Gasteiger partial charge in [0.1, 0.15) is 16.9 Å². The zero-order chi connectivity index (χ0) is 26.8. The lowest BCUT2D eigenvalue weighted by molar-refractivity contribution is -0.592. The number of hydrogen-bond donors (Lipinski definition) is 0. The van der Waals surface area contributed by atoms with Crippen LogP contribution in [0.15, 0.2) is 83.3 Å². The summed E-state index contributed by atoms with van der Waals surface area (Å²) in [6.45, 7) is 3.64. The van der Waals surface area contributed by atoms with E-state index in [1.54, 1.807) is 16.3 Å². The Kier molecular flexibility index (Phi) is 4.13. The van der Waals surface area contributed by atoms with E-state index >= 15 is 0 Å². The van der Waals surface area contributed by atoms with Crippen LogP contribution in [0.2, 0.25) is 0 Å². The van der Waals surface area contributed by atoms with Gasteiger partial charge in [-0.2, -0.15) is 4.57 Å². The van der Waals surface area contributed by atoms with Gasteiger partial charge in [0.2, 0.25) is 0 Å². The Balaban J connectivity index is 1.70. The van der Waals surface area contributed by atoms with Crippen molar-refractivity contribution in [3.8, 4) is 28.2 Å². The molecule has 2 aromatic heterocycles. The van der Waals surface area contributed by atoms with E-state index in [0.29, 0.717) is 5.82 Å². The Labute approximate surface area is 209 Å². The largest absolute Gasteiger partial charge is 0.455 e. The van der Waals surface area contributed by atoms with Crippen molar-refractivity contribution in [3.05, 3.63) is 101 Å². The molecule has 0 N–H and O–H groups in total. The van der Waals surface area contributed by atoms with Crippen molar-refractivity contribution >= 4 is 21.9 Å². The Morgan fingerprint density at radius 1 is 0.800 bits per heavy atom. The van der Waals surface area contributed by atoms with Gasteiger partial charge in [0.05, 0.1) is 12.6 Å². The van der Waals surface area contributed by atoms with Gasteiger partial charge >= 0.3 is 0 Å². The molecule has 0 unspecified atom stereocenters. The van der Waals surface area contributed by atoms with Crippen molar-refractivity contribution in [3.63, 3.8) is 0 Å². The Morgan fingerprint density at radius 2 is 1.51 bits per heavy atom. The molecule has 172 valence electrons. The summed E-state index contributed by atoms with van der Waals surface area (Å²) in [5, 5.41) is 6.58. The lowest BCUT2D eigenvalue weighted by atomic mass is 9.98. The molecule has 0 radical (unpaired) electrons. The van der Waals surface area contributed by atoms with Gasteiger partial charge in [0.15, 0.2) is 0 Å². The van der Waals surface area contributed by atoms with Crippen LogP contribution in [0.25, 0.3) is 50.1 Å². The van der Waals surface area contributed by atoms with E-state index in [1.165, 1.54) is 0 Å². The fraction of sp³-hybridized carbons (Fsp3) is 0.161. The average molecular weight is 462 g/mol. The van der Waals surface area contributed by atoms with Crippen LogP contribution in [0, 0.1) is 27.6 Å². The highest BCUT2D eigenvalue weighted by Crippen LogP contribution is 2.37. The van der Waals surface area contributed by atoms with E-state index in [1.807, 2.05) is 63.2 Å². The van der Waals surface area contributed by atoms with Crippen molar-refractivity contribution in [2.75, 3.05) is 0 Å². The number of nitrogens with zero attached hydrogens (tertiary/aromatic N) is 3. The van der Waals surface area contributed by atoms with Crippen LogP contribution < -0.4 is 4.57 Å². The summed E-state index contributed by atoms with van der Waals surface area (Å²) in [6.07, 6.45) is 0. The van der Waals surface area contributed by atoms with Crippen molar-refractivity contribution in [1.82, 2.24) is 9.78 Å². The smallest absolute Gasteiger partial charge is 0.279 e. The first-order valence-corrected chi connectivity index (χ1v) is 11.7. The fourth-order valence-corrected chi connectivity index (χ4v) is 5.24. The standard InChI is InChI=1S/C31H28N3O/c1-19-15-16-26-25-13-9-10-14-27(25)35-30(26)28(19)31-33(5)32-22(4)34(31)29-20(2)17-24(18-21(29)3)23-11-7-6-8-12-23/h6-18H,1-5H3/q+1/i4D3. The number of aromatic nitrogens is 3. The van der Waals surface area contributed by atoms with E-state index in [0.717, 1.165) is 61.0 Å². The Hall–Kier alpha value is -4.18. The highest BCUT2D eigenvalue weighted by atomic mass is 16.3. The normalized spacial score (nSPS) is 13.2. The lowest BCUT2D eigenvalue weighted by Gasteiger charge is -2.14. The average Bonchev–Trinajstić information content (AvgIpc) is 3.42. The molecule has 0 saturated heterocycles. The van der Waals surface area contributed by atoms with E-state index in [-0.39, 0.29) is 5.82 Å². The van der Waals surface area contributed by atoms with Gasteiger partial charge in [-0.05, 0) is 66.8 Å². The van der Waals surface area contributed by atoms with E-state index < -0.39 is 6.85 Å². The minimum Gasteiger partial charge on any atom is -0.455 e. The van der Waals surface area contributed by atoms with Crippen molar-refractivity contribution in [2.24, 2.45) is 7.05 Å². The van der Waals surface area contributed by atoms with E-state index in [2.05, 4.69) is 41.5 Å². The molecule has 35 heavy (non-hydrogen) atoms. The van der Waals surface area contributed by atoms with Gasteiger partial charge in [0, 0.05) is 26.8 Å². The lowest BCUT2D eigenvalue weighted by Crippen LogP contribution is -2.37. The second-order valence-corrected chi connectivity index (χ2v) is 9.16. The summed E-state index contributed by atoms with van der Waals surface area (Å²) in [4.78, 5) is 0.